The minimum Gasteiger partial charge on any atom is -0.383 e. The Morgan fingerprint density at radius 3 is 2.61 bits per heavy atom. The molecule has 0 saturated heterocycles. The molecule has 0 radical (unpaired) electrons. The summed E-state index contributed by atoms with van der Waals surface area (Å²) in [6, 6.07) is 0. The van der Waals surface area contributed by atoms with E-state index in [0.29, 0.717) is 19.1 Å². The summed E-state index contributed by atoms with van der Waals surface area (Å²) in [6.07, 6.45) is 3.78. The number of hydrogen-bond donors (Lipinski definition) is 1. The van der Waals surface area contributed by atoms with Gasteiger partial charge in [0.15, 0.2) is 0 Å². The lowest BCUT2D eigenvalue weighted by Crippen LogP contribution is -2.58. The van der Waals surface area contributed by atoms with Gasteiger partial charge >= 0.3 is 0 Å². The Kier molecular flexibility index (Phi) is 5.31. The first kappa shape index (κ1) is 15.1. The summed E-state index contributed by atoms with van der Waals surface area (Å²) in [5, 5.41) is 0. The van der Waals surface area contributed by atoms with Crippen LogP contribution in [0.4, 0.5) is 0 Å². The zero-order valence-corrected chi connectivity index (χ0v) is 12.2. The number of imidazole rings is 1. The first-order valence-corrected chi connectivity index (χ1v) is 6.34. The van der Waals surface area contributed by atoms with Crippen LogP contribution in [0.15, 0.2) is 12.4 Å². The molecule has 0 fully saturated rings. The van der Waals surface area contributed by atoms with Crippen molar-refractivity contribution in [2.24, 2.45) is 18.7 Å². The van der Waals surface area contributed by atoms with Crippen molar-refractivity contribution < 1.29 is 4.74 Å². The van der Waals surface area contributed by atoms with E-state index >= 15 is 0 Å². The minimum atomic E-state index is -0.152. The predicted octanol–water partition coefficient (Wildman–Crippen LogP) is 0.852. The predicted molar refractivity (Wildman–Crippen MR) is 73.2 cm³/mol. The zero-order valence-electron chi connectivity index (χ0n) is 12.2. The van der Waals surface area contributed by atoms with Crippen LogP contribution < -0.4 is 5.73 Å². The number of likely N-dealkylation sites (N-methyl/N-ethyl adjacent to an activating group) is 1. The van der Waals surface area contributed by atoms with Crippen molar-refractivity contribution in [2.75, 3.05) is 27.3 Å². The lowest BCUT2D eigenvalue weighted by molar-refractivity contribution is -0.00713. The molecule has 1 rings (SSSR count). The Hall–Kier alpha value is -0.910. The Labute approximate surface area is 110 Å². The largest absolute Gasteiger partial charge is 0.383 e. The van der Waals surface area contributed by atoms with Crippen LogP contribution in [0.25, 0.3) is 0 Å². The Morgan fingerprint density at radius 2 is 2.22 bits per heavy atom. The smallest absolute Gasteiger partial charge is 0.122 e. The van der Waals surface area contributed by atoms with Gasteiger partial charge in [-0.3, -0.25) is 4.90 Å². The maximum atomic E-state index is 6.01. The van der Waals surface area contributed by atoms with Gasteiger partial charge in [-0.15, -0.1) is 0 Å². The van der Waals surface area contributed by atoms with Crippen LogP contribution in [0.3, 0.4) is 0 Å². The van der Waals surface area contributed by atoms with Gasteiger partial charge in [0.05, 0.1) is 18.7 Å². The van der Waals surface area contributed by atoms with Crippen molar-refractivity contribution in [1.29, 1.82) is 0 Å². The molecule has 104 valence electrons. The molecule has 0 saturated carbocycles. The summed E-state index contributed by atoms with van der Waals surface area (Å²) in [7, 11) is 5.81. The zero-order chi connectivity index (χ0) is 13.8. The molecule has 1 aromatic heterocycles. The number of hydrogen-bond acceptors (Lipinski definition) is 4. The van der Waals surface area contributed by atoms with Crippen LogP contribution in [-0.4, -0.2) is 47.3 Å². The monoisotopic (exact) mass is 254 g/mol. The third-order valence-corrected chi connectivity index (χ3v) is 3.88. The summed E-state index contributed by atoms with van der Waals surface area (Å²) >= 11 is 0. The molecule has 5 nitrogen and oxygen atoms in total. The molecule has 0 aliphatic carbocycles. The van der Waals surface area contributed by atoms with Gasteiger partial charge < -0.3 is 15.0 Å². The molecule has 2 N–H and O–H groups in total. The molecule has 0 amide bonds. The van der Waals surface area contributed by atoms with E-state index in [2.05, 4.69) is 30.8 Å². The van der Waals surface area contributed by atoms with E-state index in [4.69, 9.17) is 10.5 Å². The van der Waals surface area contributed by atoms with E-state index in [9.17, 15) is 0 Å². The lowest BCUT2D eigenvalue weighted by Gasteiger charge is -2.43. The molecule has 1 unspecified atom stereocenters. The third kappa shape index (κ3) is 2.91. The van der Waals surface area contributed by atoms with Crippen LogP contribution in [0, 0.1) is 5.92 Å². The fourth-order valence-corrected chi connectivity index (χ4v) is 2.34. The summed E-state index contributed by atoms with van der Waals surface area (Å²) in [4.78, 5) is 6.62. The van der Waals surface area contributed by atoms with Gasteiger partial charge in [-0.1, -0.05) is 13.8 Å². The quantitative estimate of drug-likeness (QED) is 0.784. The van der Waals surface area contributed by atoms with Crippen LogP contribution in [0.2, 0.25) is 0 Å². The lowest BCUT2D eigenvalue weighted by atomic mass is 9.85. The molecule has 0 aliphatic rings. The summed E-state index contributed by atoms with van der Waals surface area (Å²) < 4.78 is 7.41. The number of nitrogens with zero attached hydrogens (tertiary/aromatic N) is 3. The number of ether oxygens (including phenoxy) is 1. The normalized spacial score (nSPS) is 15.3. The average molecular weight is 254 g/mol. The van der Waals surface area contributed by atoms with E-state index in [-0.39, 0.29) is 5.54 Å². The van der Waals surface area contributed by atoms with Gasteiger partial charge in [-0.25, -0.2) is 4.98 Å². The highest BCUT2D eigenvalue weighted by Crippen LogP contribution is 2.24. The number of nitrogens with two attached hydrogens (primary N) is 1. The van der Waals surface area contributed by atoms with Crippen molar-refractivity contribution >= 4 is 0 Å². The number of rotatable bonds is 7. The molecule has 0 aliphatic heterocycles. The van der Waals surface area contributed by atoms with Crippen LogP contribution in [0.1, 0.15) is 19.7 Å². The van der Waals surface area contributed by atoms with E-state index in [1.807, 2.05) is 24.0 Å². The van der Waals surface area contributed by atoms with E-state index in [1.165, 1.54) is 0 Å². The highest BCUT2D eigenvalue weighted by atomic mass is 16.5. The molecule has 1 heterocycles. The average Bonchev–Trinajstić information content (AvgIpc) is 2.71. The van der Waals surface area contributed by atoms with Crippen molar-refractivity contribution in [1.82, 2.24) is 14.5 Å². The highest BCUT2D eigenvalue weighted by molar-refractivity contribution is 4.98. The molecular weight excluding hydrogens is 228 g/mol. The maximum Gasteiger partial charge on any atom is 0.122 e. The summed E-state index contributed by atoms with van der Waals surface area (Å²) in [5.41, 5.74) is 5.86. The second-order valence-electron chi connectivity index (χ2n) is 5.21. The molecule has 1 atom stereocenters. The molecule has 1 aromatic rings. The Bertz CT molecular complexity index is 364. The van der Waals surface area contributed by atoms with Crippen molar-refractivity contribution in [3.63, 3.8) is 0 Å². The van der Waals surface area contributed by atoms with E-state index in [0.717, 1.165) is 12.4 Å². The van der Waals surface area contributed by atoms with E-state index in [1.54, 1.807) is 7.11 Å². The fraction of sp³-hybridized carbons (Fsp3) is 0.769. The second-order valence-corrected chi connectivity index (χ2v) is 5.21. The van der Waals surface area contributed by atoms with Crippen LogP contribution in [-0.2, 0) is 18.3 Å². The van der Waals surface area contributed by atoms with Gasteiger partial charge in [0, 0.05) is 33.1 Å². The number of aryl methyl sites for hydroxylation is 1. The van der Waals surface area contributed by atoms with Crippen LogP contribution in [0.5, 0.6) is 0 Å². The SMILES string of the molecule is COCC(CN)(C(C)C)N(C)Cc1nccn1C. The minimum absolute atomic E-state index is 0.152. The van der Waals surface area contributed by atoms with Crippen LogP contribution >= 0.6 is 0 Å². The first-order chi connectivity index (χ1) is 8.47. The third-order valence-electron chi connectivity index (χ3n) is 3.88. The topological polar surface area (TPSA) is 56.3 Å². The first-order valence-electron chi connectivity index (χ1n) is 6.34. The van der Waals surface area contributed by atoms with Crippen molar-refractivity contribution in [3.8, 4) is 0 Å². The van der Waals surface area contributed by atoms with Gasteiger partial charge in [0.25, 0.3) is 0 Å². The van der Waals surface area contributed by atoms with Crippen molar-refractivity contribution in [3.05, 3.63) is 18.2 Å². The Morgan fingerprint density at radius 1 is 1.56 bits per heavy atom. The van der Waals surface area contributed by atoms with Gasteiger partial charge in [0.2, 0.25) is 0 Å². The standard InChI is InChI=1S/C13H26N4O/c1-11(2)13(9-14,10-18-5)17(4)8-12-15-6-7-16(12)3/h6-7,11H,8-10,14H2,1-5H3. The summed E-state index contributed by atoms with van der Waals surface area (Å²) in [5.74, 6) is 1.44. The maximum absolute atomic E-state index is 6.01. The fourth-order valence-electron chi connectivity index (χ4n) is 2.34. The molecule has 0 bridgehead atoms. The van der Waals surface area contributed by atoms with Gasteiger partial charge in [0.1, 0.15) is 5.82 Å². The van der Waals surface area contributed by atoms with E-state index < -0.39 is 0 Å². The Balaban J connectivity index is 2.88. The highest BCUT2D eigenvalue weighted by Gasteiger charge is 2.37. The molecule has 0 aromatic carbocycles. The second kappa shape index (κ2) is 6.31. The van der Waals surface area contributed by atoms with Gasteiger partial charge in [-0.2, -0.15) is 0 Å². The van der Waals surface area contributed by atoms with Crippen molar-refractivity contribution in [2.45, 2.75) is 25.9 Å². The number of aromatic nitrogens is 2. The van der Waals surface area contributed by atoms with Gasteiger partial charge in [-0.05, 0) is 13.0 Å². The summed E-state index contributed by atoms with van der Waals surface area (Å²) in [6.45, 7) is 6.32. The molecular formula is C13H26N4O. The molecule has 0 spiro atoms. The number of methoxy groups -OCH3 is 1. The molecule has 18 heavy (non-hydrogen) atoms. The molecule has 5 heteroatoms.